The summed E-state index contributed by atoms with van der Waals surface area (Å²) in [5.41, 5.74) is 1.07. The van der Waals surface area contributed by atoms with Crippen molar-refractivity contribution in [1.82, 2.24) is 0 Å². The second kappa shape index (κ2) is 4.97. The third-order valence-electron chi connectivity index (χ3n) is 2.54. The van der Waals surface area contributed by atoms with Gasteiger partial charge in [-0.05, 0) is 18.2 Å². The zero-order valence-corrected chi connectivity index (χ0v) is 10.2. The molecule has 1 aromatic carbocycles. The molecule has 0 bridgehead atoms. The molecule has 0 amide bonds. The number of carboxylic acids is 1. The summed E-state index contributed by atoms with van der Waals surface area (Å²) in [6.07, 6.45) is 0. The van der Waals surface area contributed by atoms with E-state index in [0.29, 0.717) is 10.6 Å². The van der Waals surface area contributed by atoms with Crippen LogP contribution in [0.5, 0.6) is 0 Å². The molecule has 1 saturated heterocycles. The predicted molar refractivity (Wildman–Crippen MR) is 67.9 cm³/mol. The third-order valence-corrected chi connectivity index (χ3v) is 3.72. The van der Waals surface area contributed by atoms with Crippen LogP contribution in [0.25, 0.3) is 0 Å². The van der Waals surface area contributed by atoms with Crippen molar-refractivity contribution in [3.05, 3.63) is 28.8 Å². The van der Waals surface area contributed by atoms with Crippen LogP contribution in [0.15, 0.2) is 18.2 Å². The molecule has 86 valence electrons. The number of halogens is 1. The molecule has 0 atom stereocenters. The number of rotatable bonds is 2. The van der Waals surface area contributed by atoms with Crippen molar-refractivity contribution in [2.45, 2.75) is 0 Å². The van der Waals surface area contributed by atoms with Gasteiger partial charge in [0.15, 0.2) is 0 Å². The number of benzene rings is 1. The first-order chi connectivity index (χ1) is 7.68. The largest absolute Gasteiger partial charge is 0.478 e. The molecule has 1 aliphatic rings. The number of aromatic carboxylic acids is 1. The Kier molecular flexibility index (Phi) is 3.61. The fourth-order valence-corrected chi connectivity index (χ4v) is 2.83. The van der Waals surface area contributed by atoms with Gasteiger partial charge in [-0.3, -0.25) is 0 Å². The van der Waals surface area contributed by atoms with Crippen LogP contribution in [-0.4, -0.2) is 35.7 Å². The van der Waals surface area contributed by atoms with Crippen molar-refractivity contribution in [3.8, 4) is 0 Å². The SMILES string of the molecule is O=C(O)c1cc(Cl)ccc1N1CCSCC1. The van der Waals surface area contributed by atoms with Crippen LogP contribution in [0.1, 0.15) is 10.4 Å². The van der Waals surface area contributed by atoms with E-state index in [2.05, 4.69) is 4.90 Å². The molecule has 2 rings (SSSR count). The maximum atomic E-state index is 11.1. The lowest BCUT2D eigenvalue weighted by Gasteiger charge is -2.29. The molecule has 16 heavy (non-hydrogen) atoms. The van der Waals surface area contributed by atoms with E-state index in [9.17, 15) is 4.79 Å². The minimum Gasteiger partial charge on any atom is -0.478 e. The maximum Gasteiger partial charge on any atom is 0.337 e. The molecular formula is C11H12ClNO2S. The number of carbonyl (C=O) groups is 1. The Labute approximate surface area is 103 Å². The van der Waals surface area contributed by atoms with Crippen molar-refractivity contribution in [3.63, 3.8) is 0 Å². The maximum absolute atomic E-state index is 11.1. The highest BCUT2D eigenvalue weighted by Gasteiger charge is 2.18. The normalized spacial score (nSPS) is 16.2. The Bertz CT molecular complexity index is 405. The second-order valence-corrected chi connectivity index (χ2v) is 5.23. The average Bonchev–Trinajstić information content (AvgIpc) is 2.30. The molecule has 1 aromatic rings. The van der Waals surface area contributed by atoms with Crippen LogP contribution in [0.3, 0.4) is 0 Å². The van der Waals surface area contributed by atoms with Gasteiger partial charge in [0.25, 0.3) is 0 Å². The van der Waals surface area contributed by atoms with E-state index in [4.69, 9.17) is 16.7 Å². The summed E-state index contributed by atoms with van der Waals surface area (Å²) in [5.74, 6) is 1.17. The van der Waals surface area contributed by atoms with E-state index >= 15 is 0 Å². The van der Waals surface area contributed by atoms with Crippen LogP contribution < -0.4 is 4.90 Å². The van der Waals surface area contributed by atoms with Crippen LogP contribution in [0, 0.1) is 0 Å². The van der Waals surface area contributed by atoms with Gasteiger partial charge in [0.2, 0.25) is 0 Å². The minimum absolute atomic E-state index is 0.291. The molecule has 1 fully saturated rings. The Morgan fingerprint density at radius 2 is 2.06 bits per heavy atom. The van der Waals surface area contributed by atoms with E-state index in [1.165, 1.54) is 6.07 Å². The quantitative estimate of drug-likeness (QED) is 0.884. The molecule has 5 heteroatoms. The van der Waals surface area contributed by atoms with Crippen LogP contribution in [-0.2, 0) is 0 Å². The fraction of sp³-hybridized carbons (Fsp3) is 0.364. The molecule has 3 nitrogen and oxygen atoms in total. The number of hydrogen-bond donors (Lipinski definition) is 1. The van der Waals surface area contributed by atoms with Crippen molar-refractivity contribution < 1.29 is 9.90 Å². The Hall–Kier alpha value is -0.870. The van der Waals surface area contributed by atoms with Gasteiger partial charge in [-0.2, -0.15) is 11.8 Å². The van der Waals surface area contributed by atoms with E-state index in [0.717, 1.165) is 30.3 Å². The molecule has 0 unspecified atom stereocenters. The van der Waals surface area contributed by atoms with Crippen molar-refractivity contribution in [2.24, 2.45) is 0 Å². The van der Waals surface area contributed by atoms with E-state index in [-0.39, 0.29) is 0 Å². The number of nitrogens with zero attached hydrogens (tertiary/aromatic N) is 1. The van der Waals surface area contributed by atoms with Gasteiger partial charge in [0, 0.05) is 29.6 Å². The summed E-state index contributed by atoms with van der Waals surface area (Å²) < 4.78 is 0. The summed E-state index contributed by atoms with van der Waals surface area (Å²) >= 11 is 7.71. The molecule has 0 aliphatic carbocycles. The number of carboxylic acid groups (broad SMARTS) is 1. The molecular weight excluding hydrogens is 246 g/mol. The minimum atomic E-state index is -0.921. The van der Waals surface area contributed by atoms with E-state index < -0.39 is 5.97 Å². The van der Waals surface area contributed by atoms with Crippen molar-refractivity contribution in [2.75, 3.05) is 29.5 Å². The highest BCUT2D eigenvalue weighted by molar-refractivity contribution is 7.99. The van der Waals surface area contributed by atoms with Crippen LogP contribution >= 0.6 is 23.4 Å². The summed E-state index contributed by atoms with van der Waals surface area (Å²) in [5, 5.41) is 9.60. The van der Waals surface area contributed by atoms with Gasteiger partial charge in [-0.15, -0.1) is 0 Å². The zero-order chi connectivity index (χ0) is 11.5. The van der Waals surface area contributed by atoms with Gasteiger partial charge in [0.1, 0.15) is 0 Å². The Morgan fingerprint density at radius 1 is 1.38 bits per heavy atom. The molecule has 0 saturated carbocycles. The van der Waals surface area contributed by atoms with Gasteiger partial charge in [-0.25, -0.2) is 4.79 Å². The van der Waals surface area contributed by atoms with Gasteiger partial charge < -0.3 is 10.0 Å². The highest BCUT2D eigenvalue weighted by Crippen LogP contribution is 2.26. The Balaban J connectivity index is 2.34. The molecule has 0 aromatic heterocycles. The van der Waals surface area contributed by atoms with E-state index in [1.54, 1.807) is 12.1 Å². The fourth-order valence-electron chi connectivity index (χ4n) is 1.76. The highest BCUT2D eigenvalue weighted by atomic mass is 35.5. The first kappa shape index (κ1) is 11.6. The van der Waals surface area contributed by atoms with Crippen molar-refractivity contribution in [1.29, 1.82) is 0 Å². The summed E-state index contributed by atoms with van der Waals surface area (Å²) in [4.78, 5) is 13.2. The van der Waals surface area contributed by atoms with Crippen molar-refractivity contribution >= 4 is 35.0 Å². The summed E-state index contributed by atoms with van der Waals surface area (Å²) in [7, 11) is 0. The summed E-state index contributed by atoms with van der Waals surface area (Å²) in [6, 6.07) is 5.05. The van der Waals surface area contributed by atoms with Gasteiger partial charge in [-0.1, -0.05) is 11.6 Å². The molecule has 0 radical (unpaired) electrons. The van der Waals surface area contributed by atoms with Crippen LogP contribution in [0.4, 0.5) is 5.69 Å². The molecule has 1 aliphatic heterocycles. The molecule has 0 spiro atoms. The first-order valence-electron chi connectivity index (χ1n) is 5.04. The third kappa shape index (κ3) is 2.44. The zero-order valence-electron chi connectivity index (χ0n) is 8.65. The topological polar surface area (TPSA) is 40.5 Å². The lowest BCUT2D eigenvalue weighted by Crippen LogP contribution is -2.33. The standard InChI is InChI=1S/C11H12ClNO2S/c12-8-1-2-10(9(7-8)11(14)15)13-3-5-16-6-4-13/h1-2,7H,3-6H2,(H,14,15). The molecule has 1 heterocycles. The average molecular weight is 258 g/mol. The lowest BCUT2D eigenvalue weighted by molar-refractivity contribution is 0.0697. The number of hydrogen-bond acceptors (Lipinski definition) is 3. The van der Waals surface area contributed by atoms with Gasteiger partial charge >= 0.3 is 5.97 Å². The van der Waals surface area contributed by atoms with Crippen LogP contribution in [0.2, 0.25) is 5.02 Å². The monoisotopic (exact) mass is 257 g/mol. The number of anilines is 1. The smallest absolute Gasteiger partial charge is 0.337 e. The first-order valence-corrected chi connectivity index (χ1v) is 6.57. The number of thioether (sulfide) groups is 1. The van der Waals surface area contributed by atoms with E-state index in [1.807, 2.05) is 11.8 Å². The Morgan fingerprint density at radius 3 is 2.69 bits per heavy atom. The summed E-state index contributed by atoms with van der Waals surface area (Å²) in [6.45, 7) is 1.79. The second-order valence-electron chi connectivity index (χ2n) is 3.57. The molecule has 1 N–H and O–H groups in total. The predicted octanol–water partition coefficient (Wildman–Crippen LogP) is 2.59. The lowest BCUT2D eigenvalue weighted by atomic mass is 10.1. The van der Waals surface area contributed by atoms with Gasteiger partial charge in [0.05, 0.1) is 11.3 Å².